The number of alkyl halides is 3. The van der Waals surface area contributed by atoms with E-state index in [0.29, 0.717) is 23.0 Å². The number of halogens is 3. The fourth-order valence-electron chi connectivity index (χ4n) is 6.35. The van der Waals surface area contributed by atoms with Crippen molar-refractivity contribution in [3.05, 3.63) is 59.9 Å². The van der Waals surface area contributed by atoms with E-state index in [9.17, 15) is 18.0 Å². The van der Waals surface area contributed by atoms with Crippen molar-refractivity contribution < 1.29 is 22.7 Å². The van der Waals surface area contributed by atoms with Crippen molar-refractivity contribution >= 4 is 12.0 Å². The number of allylic oxidation sites excluding steroid dienone is 1. The van der Waals surface area contributed by atoms with Crippen molar-refractivity contribution in [2.24, 2.45) is 29.6 Å². The first kappa shape index (κ1) is 22.2. The molecular formula is C27H28F3NO2. The average molecular weight is 456 g/mol. The third-order valence-electron chi connectivity index (χ3n) is 7.87. The third kappa shape index (κ3) is 4.32. The second-order valence-electron chi connectivity index (χ2n) is 9.76. The van der Waals surface area contributed by atoms with Crippen LogP contribution in [0.3, 0.4) is 0 Å². The van der Waals surface area contributed by atoms with E-state index in [0.717, 1.165) is 24.2 Å². The van der Waals surface area contributed by atoms with Crippen LogP contribution in [0.5, 0.6) is 0 Å². The first-order valence-corrected chi connectivity index (χ1v) is 11.8. The highest BCUT2D eigenvalue weighted by atomic mass is 19.4. The Hall–Kier alpha value is -2.63. The van der Waals surface area contributed by atoms with Crippen molar-refractivity contribution in [2.75, 3.05) is 0 Å². The molecule has 0 amide bonds. The smallest absolute Gasteiger partial charge is 0.416 e. The molecule has 6 unspecified atom stereocenters. The van der Waals surface area contributed by atoms with Gasteiger partial charge in [-0.3, -0.25) is 9.78 Å². The molecule has 1 aromatic heterocycles. The molecule has 0 N–H and O–H groups in total. The fraction of sp³-hybridized carbons (Fsp3) is 0.481. The third-order valence-corrected chi connectivity index (χ3v) is 7.87. The lowest BCUT2D eigenvalue weighted by Gasteiger charge is -2.45. The topological polar surface area (TPSA) is 39.2 Å². The van der Waals surface area contributed by atoms with E-state index < -0.39 is 11.7 Å². The van der Waals surface area contributed by atoms with E-state index in [-0.39, 0.29) is 29.8 Å². The summed E-state index contributed by atoms with van der Waals surface area (Å²) in [4.78, 5) is 16.9. The van der Waals surface area contributed by atoms with Crippen LogP contribution in [0.2, 0.25) is 0 Å². The fourth-order valence-corrected chi connectivity index (χ4v) is 6.35. The summed E-state index contributed by atoms with van der Waals surface area (Å²) in [5.74, 6) is 1.57. The van der Waals surface area contributed by atoms with Gasteiger partial charge in [-0.25, -0.2) is 0 Å². The number of carbonyl (C=O) groups is 1. The van der Waals surface area contributed by atoms with Gasteiger partial charge in [0, 0.05) is 17.7 Å². The van der Waals surface area contributed by atoms with E-state index in [2.05, 4.69) is 11.1 Å². The molecule has 3 fully saturated rings. The lowest BCUT2D eigenvalue weighted by atomic mass is 9.57. The number of esters is 1. The van der Waals surface area contributed by atoms with Crippen LogP contribution >= 0.6 is 0 Å². The molecule has 1 aromatic carbocycles. The zero-order valence-electron chi connectivity index (χ0n) is 18.6. The molecule has 0 spiro atoms. The van der Waals surface area contributed by atoms with E-state index in [1.807, 2.05) is 19.1 Å². The van der Waals surface area contributed by atoms with Gasteiger partial charge >= 0.3 is 12.1 Å². The van der Waals surface area contributed by atoms with Crippen LogP contribution in [0.15, 0.2) is 48.7 Å². The van der Waals surface area contributed by atoms with Gasteiger partial charge in [-0.2, -0.15) is 13.2 Å². The van der Waals surface area contributed by atoms with Crippen molar-refractivity contribution in [1.82, 2.24) is 4.98 Å². The van der Waals surface area contributed by atoms with Crippen molar-refractivity contribution in [3.8, 4) is 11.1 Å². The number of aromatic nitrogens is 1. The molecule has 2 aromatic rings. The van der Waals surface area contributed by atoms with Crippen LogP contribution < -0.4 is 0 Å². The minimum Gasteiger partial charge on any atom is -0.462 e. The Morgan fingerprint density at radius 1 is 1.09 bits per heavy atom. The normalized spacial score (nSPS) is 31.8. The van der Waals surface area contributed by atoms with E-state index >= 15 is 0 Å². The summed E-state index contributed by atoms with van der Waals surface area (Å²) in [5, 5.41) is 0. The Bertz CT molecular complexity index is 1050. The lowest BCUT2D eigenvalue weighted by Crippen LogP contribution is -2.42. The molecule has 5 rings (SSSR count). The number of hydrogen-bond donors (Lipinski definition) is 0. The van der Waals surface area contributed by atoms with Crippen LogP contribution in [0.25, 0.3) is 17.2 Å². The maximum Gasteiger partial charge on any atom is 0.416 e. The highest BCUT2D eigenvalue weighted by molar-refractivity contribution is 5.75. The monoisotopic (exact) mass is 455 g/mol. The Kier molecular flexibility index (Phi) is 5.79. The van der Waals surface area contributed by atoms with Gasteiger partial charge in [0.25, 0.3) is 0 Å². The number of hydrogen-bond acceptors (Lipinski definition) is 3. The number of carbonyl (C=O) groups excluding carboxylic acids is 1. The SMILES string of the molecule is CC1OC(=O)C2CC3CCCCC3C(C=Cc3ccc(-c4cccc(C(F)(F)F)c4)cn3)C12. The van der Waals surface area contributed by atoms with Gasteiger partial charge in [0.15, 0.2) is 0 Å². The van der Waals surface area contributed by atoms with Gasteiger partial charge in [-0.05, 0) is 67.4 Å². The second-order valence-corrected chi connectivity index (χ2v) is 9.76. The molecule has 2 heterocycles. The zero-order chi connectivity index (χ0) is 23.2. The molecule has 1 aliphatic heterocycles. The molecular weight excluding hydrogens is 427 g/mol. The number of benzene rings is 1. The first-order valence-electron chi connectivity index (χ1n) is 11.8. The summed E-state index contributed by atoms with van der Waals surface area (Å²) < 4.78 is 44.7. The molecule has 33 heavy (non-hydrogen) atoms. The lowest BCUT2D eigenvalue weighted by molar-refractivity contribution is -0.144. The van der Waals surface area contributed by atoms with Gasteiger partial charge in [-0.1, -0.05) is 43.5 Å². The summed E-state index contributed by atoms with van der Waals surface area (Å²) in [7, 11) is 0. The first-order chi connectivity index (χ1) is 15.8. The Morgan fingerprint density at radius 3 is 2.67 bits per heavy atom. The predicted octanol–water partition coefficient (Wildman–Crippen LogP) is 6.78. The van der Waals surface area contributed by atoms with Crippen molar-refractivity contribution in [2.45, 2.75) is 51.3 Å². The average Bonchev–Trinajstić information content (AvgIpc) is 3.09. The quantitative estimate of drug-likeness (QED) is 0.479. The minimum atomic E-state index is -4.37. The zero-order valence-corrected chi connectivity index (χ0v) is 18.6. The number of cyclic esters (lactones) is 1. The maximum atomic E-state index is 13.0. The van der Waals surface area contributed by atoms with Crippen molar-refractivity contribution in [1.29, 1.82) is 0 Å². The Labute approximate surface area is 192 Å². The number of pyridine rings is 1. The minimum absolute atomic E-state index is 0.00903. The van der Waals surface area contributed by atoms with Crippen LogP contribution in [0.4, 0.5) is 13.2 Å². The molecule has 174 valence electrons. The summed E-state index contributed by atoms with van der Waals surface area (Å²) in [5.41, 5.74) is 1.23. The molecule has 6 atom stereocenters. The van der Waals surface area contributed by atoms with E-state index in [1.165, 1.54) is 31.7 Å². The number of nitrogens with zero attached hydrogens (tertiary/aromatic N) is 1. The second kappa shape index (κ2) is 8.62. The molecule has 2 saturated carbocycles. The van der Waals surface area contributed by atoms with E-state index in [4.69, 9.17) is 4.74 Å². The Balaban J connectivity index is 1.38. The molecule has 3 aliphatic rings. The van der Waals surface area contributed by atoms with Gasteiger partial charge in [-0.15, -0.1) is 0 Å². The summed E-state index contributed by atoms with van der Waals surface area (Å²) in [6.45, 7) is 2.01. The molecule has 0 radical (unpaired) electrons. The molecule has 2 aliphatic carbocycles. The van der Waals surface area contributed by atoms with Gasteiger partial charge in [0.1, 0.15) is 6.10 Å². The largest absolute Gasteiger partial charge is 0.462 e. The van der Waals surface area contributed by atoms with Crippen LogP contribution in [0.1, 0.15) is 50.3 Å². The number of ether oxygens (including phenoxy) is 1. The molecule has 3 nitrogen and oxygen atoms in total. The molecule has 0 bridgehead atoms. The Morgan fingerprint density at radius 2 is 1.91 bits per heavy atom. The summed E-state index contributed by atoms with van der Waals surface area (Å²) >= 11 is 0. The molecule has 6 heteroatoms. The van der Waals surface area contributed by atoms with Gasteiger partial charge in [0.2, 0.25) is 0 Å². The van der Waals surface area contributed by atoms with E-state index in [1.54, 1.807) is 18.3 Å². The summed E-state index contributed by atoms with van der Waals surface area (Å²) in [6.07, 6.45) is 7.18. The number of fused-ring (bicyclic) bond motifs is 2. The highest BCUT2D eigenvalue weighted by Crippen LogP contribution is 2.53. The van der Waals surface area contributed by atoms with Crippen LogP contribution in [0, 0.1) is 29.6 Å². The maximum absolute atomic E-state index is 13.0. The summed E-state index contributed by atoms with van der Waals surface area (Å²) in [6, 6.07) is 8.94. The predicted molar refractivity (Wildman–Crippen MR) is 120 cm³/mol. The van der Waals surface area contributed by atoms with Crippen LogP contribution in [-0.2, 0) is 15.7 Å². The van der Waals surface area contributed by atoms with Crippen LogP contribution in [-0.4, -0.2) is 17.1 Å². The van der Waals surface area contributed by atoms with Gasteiger partial charge < -0.3 is 4.74 Å². The van der Waals surface area contributed by atoms with Crippen molar-refractivity contribution in [3.63, 3.8) is 0 Å². The highest BCUT2D eigenvalue weighted by Gasteiger charge is 2.53. The number of rotatable bonds is 3. The standard InChI is InChI=1S/C27H28F3NO2/c1-16-25-23(22-8-3-2-5-18(22)14-24(25)26(32)33-16)12-11-21-10-9-19(15-31-21)17-6-4-7-20(13-17)27(28,29)30/h4,6-7,9-13,15-16,18,22-25H,2-3,5,8,14H2,1H3. The van der Waals surface area contributed by atoms with Gasteiger partial charge in [0.05, 0.1) is 17.2 Å². The molecule has 1 saturated heterocycles.